The second-order valence-electron chi connectivity index (χ2n) is 3.25. The van der Waals surface area contributed by atoms with Crippen molar-refractivity contribution in [1.29, 1.82) is 0 Å². The average Bonchev–Trinajstić information content (AvgIpc) is 2.55. The van der Waals surface area contributed by atoms with Crippen molar-refractivity contribution < 1.29 is 4.79 Å². The molecule has 1 amide bonds. The van der Waals surface area contributed by atoms with E-state index in [9.17, 15) is 4.79 Å². The van der Waals surface area contributed by atoms with Crippen LogP contribution >= 0.6 is 12.2 Å². The number of hydrogen-bond donors (Lipinski definition) is 1. The van der Waals surface area contributed by atoms with Crippen molar-refractivity contribution in [2.45, 2.75) is 18.9 Å². The SMILES string of the molecule is NC(=O)CC1C(=S)Cn2cccc21. The van der Waals surface area contributed by atoms with Crippen LogP contribution in [-0.2, 0) is 11.3 Å². The molecule has 0 fully saturated rings. The number of nitrogens with zero attached hydrogens (tertiary/aromatic N) is 1. The summed E-state index contributed by atoms with van der Waals surface area (Å²) in [6.45, 7) is 0.746. The van der Waals surface area contributed by atoms with Crippen LogP contribution in [0.2, 0.25) is 0 Å². The van der Waals surface area contributed by atoms with E-state index in [1.165, 1.54) is 0 Å². The molecule has 2 N–H and O–H groups in total. The Hall–Kier alpha value is -1.16. The minimum Gasteiger partial charge on any atom is -0.370 e. The fourth-order valence-electron chi connectivity index (χ4n) is 1.75. The van der Waals surface area contributed by atoms with Crippen LogP contribution in [0.25, 0.3) is 0 Å². The fraction of sp³-hybridized carbons (Fsp3) is 0.333. The van der Waals surface area contributed by atoms with Gasteiger partial charge < -0.3 is 10.3 Å². The zero-order valence-corrected chi connectivity index (χ0v) is 7.88. The zero-order chi connectivity index (χ0) is 9.42. The molecule has 4 heteroatoms. The van der Waals surface area contributed by atoms with Crippen molar-refractivity contribution in [2.24, 2.45) is 5.73 Å². The Kier molecular flexibility index (Phi) is 1.92. The van der Waals surface area contributed by atoms with Crippen molar-refractivity contribution >= 4 is 23.0 Å². The molecule has 13 heavy (non-hydrogen) atoms. The molecule has 0 saturated heterocycles. The highest BCUT2D eigenvalue weighted by Gasteiger charge is 2.27. The van der Waals surface area contributed by atoms with Crippen LogP contribution in [0.4, 0.5) is 0 Å². The highest BCUT2D eigenvalue weighted by Crippen LogP contribution is 2.28. The highest BCUT2D eigenvalue weighted by molar-refractivity contribution is 7.80. The van der Waals surface area contributed by atoms with E-state index in [4.69, 9.17) is 18.0 Å². The molecule has 0 aliphatic carbocycles. The number of primary amides is 1. The Morgan fingerprint density at radius 2 is 2.54 bits per heavy atom. The third-order valence-corrected chi connectivity index (χ3v) is 2.76. The standard InChI is InChI=1S/C9H10N2OS/c10-9(12)4-6-7-2-1-3-11(7)5-8(6)13/h1-3,6H,4-5H2,(H2,10,12). The molecule has 1 unspecified atom stereocenters. The Morgan fingerprint density at radius 3 is 3.23 bits per heavy atom. The molecular formula is C9H10N2OS. The minimum absolute atomic E-state index is 0.0579. The monoisotopic (exact) mass is 194 g/mol. The van der Waals surface area contributed by atoms with Gasteiger partial charge in [-0.15, -0.1) is 0 Å². The third kappa shape index (κ3) is 1.37. The van der Waals surface area contributed by atoms with E-state index in [-0.39, 0.29) is 11.8 Å². The molecule has 0 bridgehead atoms. The molecule has 0 spiro atoms. The van der Waals surface area contributed by atoms with Crippen LogP contribution in [0.5, 0.6) is 0 Å². The lowest BCUT2D eigenvalue weighted by molar-refractivity contribution is -0.118. The van der Waals surface area contributed by atoms with Gasteiger partial charge in [0.05, 0.1) is 6.54 Å². The summed E-state index contributed by atoms with van der Waals surface area (Å²) in [5, 5.41) is 0. The van der Waals surface area contributed by atoms with Gasteiger partial charge in [-0.1, -0.05) is 12.2 Å². The molecule has 1 atom stereocenters. The third-order valence-electron chi connectivity index (χ3n) is 2.34. The molecule has 2 rings (SSSR count). The van der Waals surface area contributed by atoms with Crippen LogP contribution in [0.15, 0.2) is 18.3 Å². The minimum atomic E-state index is -0.290. The molecule has 68 valence electrons. The van der Waals surface area contributed by atoms with E-state index in [0.29, 0.717) is 6.42 Å². The van der Waals surface area contributed by atoms with E-state index in [1.807, 2.05) is 18.3 Å². The summed E-state index contributed by atoms with van der Waals surface area (Å²) in [5.74, 6) is -0.232. The summed E-state index contributed by atoms with van der Waals surface area (Å²) in [5.41, 5.74) is 6.27. The first-order valence-corrected chi connectivity index (χ1v) is 4.55. The van der Waals surface area contributed by atoms with Crippen molar-refractivity contribution in [3.8, 4) is 0 Å². The van der Waals surface area contributed by atoms with E-state index in [2.05, 4.69) is 4.57 Å². The van der Waals surface area contributed by atoms with E-state index >= 15 is 0 Å². The number of nitrogens with two attached hydrogens (primary N) is 1. The second kappa shape index (κ2) is 2.96. The second-order valence-corrected chi connectivity index (χ2v) is 3.77. The van der Waals surface area contributed by atoms with Crippen molar-refractivity contribution in [3.05, 3.63) is 24.0 Å². The summed E-state index contributed by atoms with van der Waals surface area (Å²) < 4.78 is 2.07. The van der Waals surface area contributed by atoms with E-state index in [1.54, 1.807) is 0 Å². The maximum Gasteiger partial charge on any atom is 0.218 e. The van der Waals surface area contributed by atoms with Gasteiger partial charge in [0, 0.05) is 29.1 Å². The van der Waals surface area contributed by atoms with E-state index < -0.39 is 0 Å². The molecule has 2 heterocycles. The van der Waals surface area contributed by atoms with Gasteiger partial charge in [0.15, 0.2) is 0 Å². The lowest BCUT2D eigenvalue weighted by Crippen LogP contribution is -2.17. The Labute approximate surface area is 81.5 Å². The fourth-order valence-corrected chi connectivity index (χ4v) is 2.09. The topological polar surface area (TPSA) is 48.0 Å². The molecule has 3 nitrogen and oxygen atoms in total. The molecular weight excluding hydrogens is 184 g/mol. The number of amides is 1. The first-order chi connectivity index (χ1) is 6.18. The average molecular weight is 194 g/mol. The zero-order valence-electron chi connectivity index (χ0n) is 7.06. The van der Waals surface area contributed by atoms with Gasteiger partial charge in [-0.05, 0) is 12.1 Å². The number of carbonyl (C=O) groups is 1. The number of rotatable bonds is 2. The normalized spacial score (nSPS) is 20.3. The Morgan fingerprint density at radius 1 is 1.77 bits per heavy atom. The smallest absolute Gasteiger partial charge is 0.218 e. The molecule has 1 aromatic heterocycles. The van der Waals surface area contributed by atoms with Gasteiger partial charge in [0.1, 0.15) is 0 Å². The van der Waals surface area contributed by atoms with Crippen LogP contribution in [0.3, 0.4) is 0 Å². The van der Waals surface area contributed by atoms with Gasteiger partial charge in [-0.25, -0.2) is 0 Å². The van der Waals surface area contributed by atoms with Gasteiger partial charge in [-0.2, -0.15) is 0 Å². The number of carbonyl (C=O) groups excluding carboxylic acids is 1. The molecule has 0 saturated carbocycles. The summed E-state index contributed by atoms with van der Waals surface area (Å²) >= 11 is 5.19. The van der Waals surface area contributed by atoms with Crippen molar-refractivity contribution in [1.82, 2.24) is 4.57 Å². The summed E-state index contributed by atoms with van der Waals surface area (Å²) in [7, 11) is 0. The maximum absolute atomic E-state index is 10.8. The van der Waals surface area contributed by atoms with Crippen molar-refractivity contribution in [3.63, 3.8) is 0 Å². The summed E-state index contributed by atoms with van der Waals surface area (Å²) in [4.78, 5) is 11.7. The summed E-state index contributed by atoms with van der Waals surface area (Å²) in [6, 6.07) is 3.96. The molecule has 0 aromatic carbocycles. The molecule has 1 aliphatic rings. The maximum atomic E-state index is 10.8. The van der Waals surface area contributed by atoms with E-state index in [0.717, 1.165) is 17.1 Å². The molecule has 1 aromatic rings. The van der Waals surface area contributed by atoms with Gasteiger partial charge in [-0.3, -0.25) is 4.79 Å². The van der Waals surface area contributed by atoms with Crippen LogP contribution in [-0.4, -0.2) is 15.3 Å². The predicted octanol–water partition coefficient (Wildman–Crippen LogP) is 0.831. The van der Waals surface area contributed by atoms with Gasteiger partial charge >= 0.3 is 0 Å². The number of aromatic nitrogens is 1. The Bertz CT molecular complexity index is 369. The number of thiocarbonyl (C=S) groups is 1. The van der Waals surface area contributed by atoms with Gasteiger partial charge in [0.2, 0.25) is 5.91 Å². The lowest BCUT2D eigenvalue weighted by Gasteiger charge is -2.05. The number of hydrogen-bond acceptors (Lipinski definition) is 2. The summed E-state index contributed by atoms with van der Waals surface area (Å²) in [6.07, 6.45) is 2.31. The first-order valence-electron chi connectivity index (χ1n) is 4.14. The largest absolute Gasteiger partial charge is 0.370 e. The Balaban J connectivity index is 2.29. The van der Waals surface area contributed by atoms with Crippen LogP contribution in [0, 0.1) is 0 Å². The van der Waals surface area contributed by atoms with Gasteiger partial charge in [0.25, 0.3) is 0 Å². The quantitative estimate of drug-likeness (QED) is 0.709. The predicted molar refractivity (Wildman–Crippen MR) is 53.6 cm³/mol. The highest BCUT2D eigenvalue weighted by atomic mass is 32.1. The first kappa shape index (κ1) is 8.44. The molecule has 0 radical (unpaired) electrons. The number of fused-ring (bicyclic) bond motifs is 1. The van der Waals surface area contributed by atoms with Crippen LogP contribution < -0.4 is 5.73 Å². The molecule has 1 aliphatic heterocycles. The lowest BCUT2D eigenvalue weighted by atomic mass is 10.0. The van der Waals surface area contributed by atoms with Crippen molar-refractivity contribution in [2.75, 3.05) is 0 Å². The van der Waals surface area contributed by atoms with Crippen LogP contribution in [0.1, 0.15) is 18.0 Å².